The third-order valence-electron chi connectivity index (χ3n) is 0.530. The van der Waals surface area contributed by atoms with E-state index in [-0.39, 0.29) is 6.03 Å². The molecule has 0 aliphatic rings. The molecule has 0 spiro atoms. The van der Waals surface area contributed by atoms with Crippen LogP contribution < -0.4 is 11.3 Å². The number of carbonyl (C=O) groups excluding carboxylic acids is 1. The Morgan fingerprint density at radius 1 is 1.71 bits per heavy atom. The Balaban J connectivity index is 3.35. The van der Waals surface area contributed by atoms with E-state index >= 15 is 0 Å². The van der Waals surface area contributed by atoms with Gasteiger partial charge in [-0.05, 0) is 0 Å². The van der Waals surface area contributed by atoms with Crippen molar-refractivity contribution in [3.8, 4) is 0 Å². The van der Waals surface area contributed by atoms with E-state index in [0.29, 0.717) is 0 Å². The molecule has 0 fully saturated rings. The van der Waals surface area contributed by atoms with Crippen LogP contribution in [0.25, 0.3) is 0 Å². The first-order valence-corrected chi connectivity index (χ1v) is 1.86. The van der Waals surface area contributed by atoms with E-state index in [1.165, 1.54) is 4.90 Å². The van der Waals surface area contributed by atoms with Crippen molar-refractivity contribution in [3.05, 3.63) is 0 Å². The SMILES string of the molecule is CN(C)C(=O)NN. The first kappa shape index (κ1) is 6.23. The van der Waals surface area contributed by atoms with Gasteiger partial charge in [0, 0.05) is 14.1 Å². The summed E-state index contributed by atoms with van der Waals surface area (Å²) in [6.45, 7) is 0. The molecule has 0 aromatic rings. The molecular weight excluding hydrogens is 94.1 g/mol. The molecule has 0 unspecified atom stereocenters. The molecule has 0 aromatic carbocycles. The van der Waals surface area contributed by atoms with Gasteiger partial charge < -0.3 is 4.90 Å². The summed E-state index contributed by atoms with van der Waals surface area (Å²) in [5.41, 5.74) is 1.95. The van der Waals surface area contributed by atoms with Gasteiger partial charge in [0.2, 0.25) is 0 Å². The predicted molar refractivity (Wildman–Crippen MR) is 26.4 cm³/mol. The van der Waals surface area contributed by atoms with Crippen molar-refractivity contribution < 1.29 is 4.79 Å². The van der Waals surface area contributed by atoms with Crippen molar-refractivity contribution in [2.45, 2.75) is 0 Å². The highest BCUT2D eigenvalue weighted by Gasteiger charge is 1.94. The van der Waals surface area contributed by atoms with Gasteiger partial charge in [0.1, 0.15) is 0 Å². The van der Waals surface area contributed by atoms with E-state index < -0.39 is 0 Å². The molecule has 0 atom stereocenters. The smallest absolute Gasteiger partial charge is 0.330 e. The number of amides is 2. The Bertz CT molecular complexity index is 70.6. The lowest BCUT2D eigenvalue weighted by molar-refractivity contribution is 0.217. The fourth-order valence-electron chi connectivity index (χ4n) is 0.129. The second kappa shape index (κ2) is 2.41. The maximum Gasteiger partial charge on any atom is 0.330 e. The molecule has 0 saturated carbocycles. The van der Waals surface area contributed by atoms with Gasteiger partial charge in [-0.15, -0.1) is 0 Å². The third-order valence-corrected chi connectivity index (χ3v) is 0.530. The molecule has 0 aliphatic carbocycles. The number of carbonyl (C=O) groups is 1. The van der Waals surface area contributed by atoms with Crippen LogP contribution in [0.4, 0.5) is 4.79 Å². The summed E-state index contributed by atoms with van der Waals surface area (Å²) in [7, 11) is 3.23. The van der Waals surface area contributed by atoms with Crippen molar-refractivity contribution in [1.82, 2.24) is 10.3 Å². The van der Waals surface area contributed by atoms with Gasteiger partial charge >= 0.3 is 6.03 Å². The molecule has 0 rings (SSSR count). The van der Waals surface area contributed by atoms with Crippen LogP contribution in [0.5, 0.6) is 0 Å². The maximum atomic E-state index is 10.2. The lowest BCUT2D eigenvalue weighted by Gasteiger charge is -2.06. The number of nitrogens with zero attached hydrogens (tertiary/aromatic N) is 1. The zero-order valence-corrected chi connectivity index (χ0v) is 4.43. The lowest BCUT2D eigenvalue weighted by Crippen LogP contribution is -2.38. The van der Waals surface area contributed by atoms with Gasteiger partial charge in [-0.2, -0.15) is 0 Å². The number of hydrogen-bond donors (Lipinski definition) is 2. The van der Waals surface area contributed by atoms with Crippen molar-refractivity contribution >= 4 is 6.03 Å². The Kier molecular flexibility index (Phi) is 2.15. The molecule has 0 aromatic heterocycles. The molecule has 4 heteroatoms. The van der Waals surface area contributed by atoms with Crippen LogP contribution in [0.2, 0.25) is 0 Å². The fourth-order valence-corrected chi connectivity index (χ4v) is 0.129. The molecule has 7 heavy (non-hydrogen) atoms. The average molecular weight is 103 g/mol. The van der Waals surface area contributed by atoms with Crippen LogP contribution >= 0.6 is 0 Å². The van der Waals surface area contributed by atoms with Crippen LogP contribution in [0.3, 0.4) is 0 Å². The summed E-state index contributed by atoms with van der Waals surface area (Å²) in [5, 5.41) is 0. The Hall–Kier alpha value is -0.770. The summed E-state index contributed by atoms with van der Waals surface area (Å²) in [5.74, 6) is 4.73. The molecule has 42 valence electrons. The van der Waals surface area contributed by atoms with Gasteiger partial charge in [-0.1, -0.05) is 0 Å². The summed E-state index contributed by atoms with van der Waals surface area (Å²) >= 11 is 0. The van der Waals surface area contributed by atoms with E-state index in [1.54, 1.807) is 14.1 Å². The van der Waals surface area contributed by atoms with Crippen LogP contribution in [0, 0.1) is 0 Å². The number of hydrazine groups is 1. The first-order chi connectivity index (χ1) is 3.18. The Morgan fingerprint density at radius 3 is 2.14 bits per heavy atom. The van der Waals surface area contributed by atoms with E-state index in [9.17, 15) is 4.79 Å². The minimum absolute atomic E-state index is 0.292. The number of nitrogens with two attached hydrogens (primary N) is 1. The molecular formula is C3H9N3O. The highest BCUT2D eigenvalue weighted by atomic mass is 16.2. The standard InChI is InChI=1S/C3H9N3O/c1-6(2)3(7)5-4/h4H2,1-2H3,(H,5,7). The quantitative estimate of drug-likeness (QED) is 0.238. The topological polar surface area (TPSA) is 58.4 Å². The van der Waals surface area contributed by atoms with Crippen LogP contribution in [-0.4, -0.2) is 25.0 Å². The number of urea groups is 1. The van der Waals surface area contributed by atoms with E-state index in [0.717, 1.165) is 0 Å². The molecule has 0 radical (unpaired) electrons. The Morgan fingerprint density at radius 2 is 2.14 bits per heavy atom. The largest absolute Gasteiger partial charge is 0.330 e. The fraction of sp³-hybridized carbons (Fsp3) is 0.667. The summed E-state index contributed by atoms with van der Waals surface area (Å²) < 4.78 is 0. The van der Waals surface area contributed by atoms with Crippen molar-refractivity contribution in [1.29, 1.82) is 0 Å². The van der Waals surface area contributed by atoms with Gasteiger partial charge in [0.05, 0.1) is 0 Å². The first-order valence-electron chi connectivity index (χ1n) is 1.86. The van der Waals surface area contributed by atoms with Gasteiger partial charge in [-0.3, -0.25) is 5.43 Å². The zero-order chi connectivity index (χ0) is 5.86. The third kappa shape index (κ3) is 1.99. The number of hydrogen-bond acceptors (Lipinski definition) is 2. The molecule has 0 saturated heterocycles. The normalized spacial score (nSPS) is 7.86. The minimum atomic E-state index is -0.292. The molecule has 0 aliphatic heterocycles. The van der Waals surface area contributed by atoms with Crippen LogP contribution in [-0.2, 0) is 0 Å². The van der Waals surface area contributed by atoms with Crippen LogP contribution in [0.1, 0.15) is 0 Å². The second-order valence-electron chi connectivity index (χ2n) is 1.34. The average Bonchev–Trinajstić information content (AvgIpc) is 1.65. The summed E-state index contributed by atoms with van der Waals surface area (Å²) in [6.07, 6.45) is 0. The minimum Gasteiger partial charge on any atom is -0.330 e. The second-order valence-corrected chi connectivity index (χ2v) is 1.34. The molecule has 4 nitrogen and oxygen atoms in total. The molecule has 2 amide bonds. The van der Waals surface area contributed by atoms with Gasteiger partial charge in [0.15, 0.2) is 0 Å². The van der Waals surface area contributed by atoms with Gasteiger partial charge in [0.25, 0.3) is 0 Å². The predicted octanol–water partition coefficient (Wildman–Crippen LogP) is -0.869. The molecule has 0 bridgehead atoms. The Labute approximate surface area is 42.3 Å². The van der Waals surface area contributed by atoms with Crippen molar-refractivity contribution in [2.75, 3.05) is 14.1 Å². The number of rotatable bonds is 0. The maximum absolute atomic E-state index is 10.2. The van der Waals surface area contributed by atoms with E-state index in [2.05, 4.69) is 0 Å². The summed E-state index contributed by atoms with van der Waals surface area (Å²) in [4.78, 5) is 11.5. The molecule has 3 N–H and O–H groups in total. The van der Waals surface area contributed by atoms with E-state index in [4.69, 9.17) is 5.84 Å². The lowest BCUT2D eigenvalue weighted by atomic mass is 10.9. The highest BCUT2D eigenvalue weighted by molar-refractivity contribution is 5.72. The van der Waals surface area contributed by atoms with Crippen molar-refractivity contribution in [2.24, 2.45) is 5.84 Å². The summed E-state index contributed by atoms with van der Waals surface area (Å²) in [6, 6.07) is -0.292. The van der Waals surface area contributed by atoms with Gasteiger partial charge in [-0.25, -0.2) is 10.6 Å². The molecule has 0 heterocycles. The highest BCUT2D eigenvalue weighted by Crippen LogP contribution is 1.69. The number of nitrogens with one attached hydrogen (secondary N) is 1. The van der Waals surface area contributed by atoms with Crippen LogP contribution in [0.15, 0.2) is 0 Å². The van der Waals surface area contributed by atoms with E-state index in [1.807, 2.05) is 5.43 Å². The zero-order valence-electron chi connectivity index (χ0n) is 4.43. The monoisotopic (exact) mass is 103 g/mol. The van der Waals surface area contributed by atoms with Crippen molar-refractivity contribution in [3.63, 3.8) is 0 Å².